The third-order valence-corrected chi connectivity index (χ3v) is 6.55. The molecular weight excluding hydrogens is 416 g/mol. The van der Waals surface area contributed by atoms with E-state index in [1.54, 1.807) is 6.20 Å². The molecule has 0 fully saturated rings. The van der Waals surface area contributed by atoms with Crippen LogP contribution < -0.4 is 5.32 Å². The maximum Gasteiger partial charge on any atom is 0.234 e. The number of amides is 1. The lowest BCUT2D eigenvalue weighted by Crippen LogP contribution is -2.14. The van der Waals surface area contributed by atoms with Crippen molar-refractivity contribution in [3.8, 4) is 11.3 Å². The van der Waals surface area contributed by atoms with Crippen LogP contribution in [-0.2, 0) is 11.2 Å². The molecule has 2 aromatic carbocycles. The Kier molecular flexibility index (Phi) is 6.90. The molecule has 0 atom stereocenters. The number of nitrogens with zero attached hydrogens (tertiary/aromatic N) is 3. The number of carbonyl (C=O) groups excluding carboxylic acids is 1. The summed E-state index contributed by atoms with van der Waals surface area (Å²) >= 11 is 1.42. The largest absolute Gasteiger partial charge is 0.325 e. The Balaban J connectivity index is 1.43. The van der Waals surface area contributed by atoms with Crippen molar-refractivity contribution in [1.29, 1.82) is 0 Å². The lowest BCUT2D eigenvalue weighted by Gasteiger charge is -2.07. The normalized spacial score (nSPS) is 11.1. The lowest BCUT2D eigenvalue weighted by molar-refractivity contribution is -0.113. The number of unbranched alkanes of at least 4 members (excludes halogenated alkanes) is 1. The number of aryl methyl sites for hydroxylation is 3. The van der Waals surface area contributed by atoms with Gasteiger partial charge in [-0.3, -0.25) is 4.79 Å². The van der Waals surface area contributed by atoms with Crippen molar-refractivity contribution >= 4 is 28.9 Å². The van der Waals surface area contributed by atoms with Crippen LogP contribution in [0, 0.1) is 13.8 Å². The zero-order valence-electron chi connectivity index (χ0n) is 18.8. The molecule has 0 aliphatic carbocycles. The molecular formula is C26H28N4OS. The van der Waals surface area contributed by atoms with Crippen molar-refractivity contribution in [2.75, 3.05) is 11.1 Å². The molecule has 164 valence electrons. The number of aromatic nitrogens is 3. The van der Waals surface area contributed by atoms with E-state index in [2.05, 4.69) is 61.4 Å². The van der Waals surface area contributed by atoms with Crippen LogP contribution in [0.3, 0.4) is 0 Å². The number of fused-ring (bicyclic) bond motifs is 1. The quantitative estimate of drug-likeness (QED) is 0.334. The number of anilines is 1. The van der Waals surface area contributed by atoms with Crippen LogP contribution in [0.1, 0.15) is 36.5 Å². The Bertz CT molecular complexity index is 1230. The van der Waals surface area contributed by atoms with Crippen molar-refractivity contribution in [3.05, 3.63) is 77.6 Å². The van der Waals surface area contributed by atoms with E-state index in [0.717, 1.165) is 33.9 Å². The van der Waals surface area contributed by atoms with Crippen LogP contribution in [0.5, 0.6) is 0 Å². The van der Waals surface area contributed by atoms with Gasteiger partial charge < -0.3 is 5.32 Å². The van der Waals surface area contributed by atoms with E-state index in [9.17, 15) is 4.79 Å². The van der Waals surface area contributed by atoms with E-state index in [-0.39, 0.29) is 11.7 Å². The number of hydrogen-bond donors (Lipinski definition) is 1. The first-order valence-electron chi connectivity index (χ1n) is 11.0. The van der Waals surface area contributed by atoms with Crippen LogP contribution in [-0.4, -0.2) is 26.3 Å². The van der Waals surface area contributed by atoms with Gasteiger partial charge in [0.05, 0.1) is 17.0 Å². The summed E-state index contributed by atoms with van der Waals surface area (Å²) in [5.41, 5.74) is 7.50. The minimum absolute atomic E-state index is 0.0472. The molecule has 1 N–H and O–H groups in total. The molecule has 0 aliphatic rings. The second kappa shape index (κ2) is 10.0. The summed E-state index contributed by atoms with van der Waals surface area (Å²) in [7, 11) is 0. The highest BCUT2D eigenvalue weighted by Gasteiger charge is 2.12. The molecule has 5 nitrogen and oxygen atoms in total. The standard InChI is InChI=1S/C26H28N4OS/c1-4-5-6-20-8-11-22(12-9-20)28-25(31)17-32-26-24-16-23(29-30(24)14-13-27-26)21-10-7-18(2)19(3)15-21/h7-16H,4-6,17H2,1-3H3,(H,28,31). The monoisotopic (exact) mass is 444 g/mol. The van der Waals surface area contributed by atoms with Gasteiger partial charge in [0.25, 0.3) is 0 Å². The summed E-state index contributed by atoms with van der Waals surface area (Å²) in [5, 5.41) is 8.47. The van der Waals surface area contributed by atoms with Crippen molar-refractivity contribution in [2.24, 2.45) is 0 Å². The summed E-state index contributed by atoms with van der Waals surface area (Å²) in [6.45, 7) is 6.40. The molecule has 6 heteroatoms. The van der Waals surface area contributed by atoms with Crippen molar-refractivity contribution in [3.63, 3.8) is 0 Å². The highest BCUT2D eigenvalue weighted by Crippen LogP contribution is 2.27. The van der Waals surface area contributed by atoms with Gasteiger partial charge in [0.1, 0.15) is 5.03 Å². The average Bonchev–Trinajstić information content (AvgIpc) is 3.24. The Morgan fingerprint density at radius 3 is 2.62 bits per heavy atom. The maximum absolute atomic E-state index is 12.5. The molecule has 0 radical (unpaired) electrons. The summed E-state index contributed by atoms with van der Waals surface area (Å²) in [4.78, 5) is 17.0. The minimum atomic E-state index is -0.0472. The fourth-order valence-electron chi connectivity index (χ4n) is 3.52. The number of rotatable bonds is 8. The number of nitrogens with one attached hydrogen (secondary N) is 1. The average molecular weight is 445 g/mol. The number of thioether (sulfide) groups is 1. The molecule has 32 heavy (non-hydrogen) atoms. The Hall–Kier alpha value is -3.12. The third kappa shape index (κ3) is 5.19. The number of hydrogen-bond acceptors (Lipinski definition) is 4. The molecule has 0 bridgehead atoms. The molecule has 0 spiro atoms. The zero-order chi connectivity index (χ0) is 22.5. The van der Waals surface area contributed by atoms with Gasteiger partial charge in [-0.25, -0.2) is 9.50 Å². The first-order valence-corrected chi connectivity index (χ1v) is 12.0. The van der Waals surface area contributed by atoms with Crippen molar-refractivity contribution in [2.45, 2.75) is 45.1 Å². The van der Waals surface area contributed by atoms with Gasteiger partial charge in [-0.05, 0) is 67.6 Å². The predicted molar refractivity (Wildman–Crippen MR) is 132 cm³/mol. The van der Waals surface area contributed by atoms with Gasteiger partial charge >= 0.3 is 0 Å². The second-order valence-electron chi connectivity index (χ2n) is 8.03. The lowest BCUT2D eigenvalue weighted by atomic mass is 10.0. The van der Waals surface area contributed by atoms with Gasteiger partial charge in [-0.2, -0.15) is 5.10 Å². The minimum Gasteiger partial charge on any atom is -0.325 e. The molecule has 2 aromatic heterocycles. The highest BCUT2D eigenvalue weighted by molar-refractivity contribution is 8.00. The van der Waals surface area contributed by atoms with Crippen LogP contribution in [0.2, 0.25) is 0 Å². The molecule has 0 aliphatic heterocycles. The van der Waals surface area contributed by atoms with E-state index in [0.29, 0.717) is 0 Å². The van der Waals surface area contributed by atoms with Gasteiger partial charge in [0, 0.05) is 23.6 Å². The Labute approximate surface area is 193 Å². The van der Waals surface area contributed by atoms with Crippen LogP contribution >= 0.6 is 11.8 Å². The molecule has 1 amide bonds. The van der Waals surface area contributed by atoms with Crippen LogP contribution in [0.15, 0.2) is 66.0 Å². The van der Waals surface area contributed by atoms with E-state index >= 15 is 0 Å². The van der Waals surface area contributed by atoms with Crippen LogP contribution in [0.4, 0.5) is 5.69 Å². The van der Waals surface area contributed by atoms with Gasteiger partial charge in [0.15, 0.2) is 0 Å². The Morgan fingerprint density at radius 2 is 1.88 bits per heavy atom. The molecule has 0 saturated heterocycles. The van der Waals surface area contributed by atoms with E-state index < -0.39 is 0 Å². The molecule has 0 unspecified atom stereocenters. The maximum atomic E-state index is 12.5. The van der Waals surface area contributed by atoms with Crippen molar-refractivity contribution < 1.29 is 4.79 Å². The first kappa shape index (κ1) is 22.1. The van der Waals surface area contributed by atoms with E-state index in [1.807, 2.05) is 28.9 Å². The fourth-order valence-corrected chi connectivity index (χ4v) is 4.29. The summed E-state index contributed by atoms with van der Waals surface area (Å²) in [6.07, 6.45) is 7.00. The zero-order valence-corrected chi connectivity index (χ0v) is 19.6. The van der Waals surface area contributed by atoms with Gasteiger partial charge in [-0.15, -0.1) is 0 Å². The molecule has 0 saturated carbocycles. The third-order valence-electron chi connectivity index (χ3n) is 5.55. The first-order chi connectivity index (χ1) is 15.5. The molecule has 4 rings (SSSR count). The second-order valence-corrected chi connectivity index (χ2v) is 8.99. The molecule has 2 heterocycles. The number of benzene rings is 2. The summed E-state index contributed by atoms with van der Waals surface area (Å²) in [5.74, 6) is 0.239. The topological polar surface area (TPSA) is 59.3 Å². The number of carbonyl (C=O) groups is 1. The Morgan fingerprint density at radius 1 is 1.06 bits per heavy atom. The van der Waals surface area contributed by atoms with E-state index in [1.165, 1.54) is 41.3 Å². The SMILES string of the molecule is CCCCc1ccc(NC(=O)CSc2nccn3nc(-c4ccc(C)c(C)c4)cc23)cc1. The summed E-state index contributed by atoms with van der Waals surface area (Å²) < 4.78 is 1.83. The van der Waals surface area contributed by atoms with Gasteiger partial charge in [-0.1, -0.05) is 49.4 Å². The highest BCUT2D eigenvalue weighted by atomic mass is 32.2. The van der Waals surface area contributed by atoms with Gasteiger partial charge in [0.2, 0.25) is 5.91 Å². The van der Waals surface area contributed by atoms with E-state index in [4.69, 9.17) is 5.10 Å². The predicted octanol–water partition coefficient (Wildman–Crippen LogP) is 6.09. The summed E-state index contributed by atoms with van der Waals surface area (Å²) in [6, 6.07) is 16.5. The van der Waals surface area contributed by atoms with Crippen molar-refractivity contribution in [1.82, 2.24) is 14.6 Å². The molecule has 4 aromatic rings. The smallest absolute Gasteiger partial charge is 0.234 e. The fraction of sp³-hybridized carbons (Fsp3) is 0.269. The van der Waals surface area contributed by atoms with Crippen LogP contribution in [0.25, 0.3) is 16.8 Å².